The van der Waals surface area contributed by atoms with Crippen LogP contribution in [0.1, 0.15) is 5.56 Å². The zero-order valence-corrected chi connectivity index (χ0v) is 8.51. The van der Waals surface area contributed by atoms with Gasteiger partial charge in [-0.1, -0.05) is 18.2 Å². The lowest BCUT2D eigenvalue weighted by molar-refractivity contribution is 0.113. The summed E-state index contributed by atoms with van der Waals surface area (Å²) in [6, 6.07) is 6.56. The minimum absolute atomic E-state index is 0.224. The van der Waals surface area contributed by atoms with E-state index in [-0.39, 0.29) is 12.4 Å². The minimum Gasteiger partial charge on any atom is -0.394 e. The highest BCUT2D eigenvalue weighted by Crippen LogP contribution is 2.15. The summed E-state index contributed by atoms with van der Waals surface area (Å²) in [5.74, 6) is 0.715. The van der Waals surface area contributed by atoms with E-state index in [4.69, 9.17) is 10.2 Å². The molecule has 0 bridgehead atoms. The fourth-order valence-corrected chi connectivity index (χ4v) is 1.92. The van der Waals surface area contributed by atoms with E-state index in [2.05, 4.69) is 0 Å². The van der Waals surface area contributed by atoms with Crippen molar-refractivity contribution >= 4 is 11.8 Å². The van der Waals surface area contributed by atoms with Crippen LogP contribution in [0.15, 0.2) is 24.3 Å². The van der Waals surface area contributed by atoms with Crippen molar-refractivity contribution in [1.82, 2.24) is 0 Å². The molecular weight excluding hydrogens is 203 g/mol. The number of hydrogen-bond donors (Lipinski definition) is 2. The summed E-state index contributed by atoms with van der Waals surface area (Å²) < 4.78 is 13.1. The van der Waals surface area contributed by atoms with Gasteiger partial charge in [-0.05, 0) is 11.6 Å². The van der Waals surface area contributed by atoms with Gasteiger partial charge in [0.25, 0.3) is 0 Å². The Morgan fingerprint density at radius 2 is 2.07 bits per heavy atom. The molecule has 78 valence electrons. The molecule has 0 heterocycles. The predicted octanol–water partition coefficient (Wildman–Crippen LogP) is 1.41. The van der Waals surface area contributed by atoms with Crippen LogP contribution in [0.4, 0.5) is 4.39 Å². The van der Waals surface area contributed by atoms with Gasteiger partial charge in [0.1, 0.15) is 5.82 Å². The van der Waals surface area contributed by atoms with Crippen molar-refractivity contribution in [2.24, 2.45) is 0 Å². The average Bonchev–Trinajstić information content (AvgIpc) is 2.20. The average molecular weight is 216 g/mol. The summed E-state index contributed by atoms with van der Waals surface area (Å²) in [5, 5.41) is 17.6. The molecule has 4 heteroatoms. The summed E-state index contributed by atoms with van der Waals surface area (Å²) in [6.45, 7) is -0.246. The lowest BCUT2D eigenvalue weighted by Gasteiger charge is -2.06. The smallest absolute Gasteiger partial charge is 0.127 e. The van der Waals surface area contributed by atoms with Crippen molar-refractivity contribution in [3.63, 3.8) is 0 Å². The molecule has 0 aliphatic carbocycles. The standard InChI is InChI=1S/C10H13FO2S/c11-10-4-2-1-3-8(10)6-14-7-9(13)5-12/h1-4,9,12-13H,5-7H2. The van der Waals surface area contributed by atoms with E-state index in [0.717, 1.165) is 0 Å². The highest BCUT2D eigenvalue weighted by molar-refractivity contribution is 7.98. The second-order valence-corrected chi connectivity index (χ2v) is 3.97. The predicted molar refractivity (Wildman–Crippen MR) is 55.7 cm³/mol. The molecule has 1 aromatic rings. The number of thioether (sulfide) groups is 1. The van der Waals surface area contributed by atoms with Crippen molar-refractivity contribution in [2.75, 3.05) is 12.4 Å². The molecule has 2 N–H and O–H groups in total. The first-order valence-corrected chi connectivity index (χ1v) is 5.49. The van der Waals surface area contributed by atoms with Crippen molar-refractivity contribution in [3.05, 3.63) is 35.6 Å². The lowest BCUT2D eigenvalue weighted by Crippen LogP contribution is -2.14. The van der Waals surface area contributed by atoms with Crippen molar-refractivity contribution in [3.8, 4) is 0 Å². The Morgan fingerprint density at radius 1 is 1.36 bits per heavy atom. The normalized spacial score (nSPS) is 12.8. The van der Waals surface area contributed by atoms with Gasteiger partial charge >= 0.3 is 0 Å². The van der Waals surface area contributed by atoms with Crippen LogP contribution in [-0.2, 0) is 5.75 Å². The number of halogens is 1. The van der Waals surface area contributed by atoms with Crippen LogP contribution in [0.25, 0.3) is 0 Å². The van der Waals surface area contributed by atoms with Gasteiger partial charge in [0, 0.05) is 11.5 Å². The molecule has 0 spiro atoms. The van der Waals surface area contributed by atoms with Crippen molar-refractivity contribution in [1.29, 1.82) is 0 Å². The molecule has 1 unspecified atom stereocenters. The zero-order chi connectivity index (χ0) is 10.4. The van der Waals surface area contributed by atoms with Crippen LogP contribution in [0, 0.1) is 5.82 Å². The Morgan fingerprint density at radius 3 is 2.71 bits per heavy atom. The third-order valence-electron chi connectivity index (χ3n) is 1.74. The molecule has 0 saturated carbocycles. The number of aliphatic hydroxyl groups excluding tert-OH is 2. The third-order valence-corrected chi connectivity index (χ3v) is 2.87. The molecule has 0 radical (unpaired) electrons. The molecule has 2 nitrogen and oxygen atoms in total. The molecule has 0 saturated heterocycles. The number of hydrogen-bond acceptors (Lipinski definition) is 3. The van der Waals surface area contributed by atoms with Gasteiger partial charge < -0.3 is 10.2 Å². The molecule has 14 heavy (non-hydrogen) atoms. The molecule has 1 aromatic carbocycles. The van der Waals surface area contributed by atoms with Gasteiger partial charge in [-0.15, -0.1) is 0 Å². The largest absolute Gasteiger partial charge is 0.394 e. The molecule has 1 atom stereocenters. The van der Waals surface area contributed by atoms with E-state index in [1.807, 2.05) is 0 Å². The van der Waals surface area contributed by atoms with Gasteiger partial charge in [-0.2, -0.15) is 11.8 Å². The fraction of sp³-hybridized carbons (Fsp3) is 0.400. The first kappa shape index (κ1) is 11.5. The first-order valence-electron chi connectivity index (χ1n) is 4.34. The van der Waals surface area contributed by atoms with E-state index in [0.29, 0.717) is 17.1 Å². The van der Waals surface area contributed by atoms with Gasteiger partial charge in [0.2, 0.25) is 0 Å². The molecule has 0 amide bonds. The van der Waals surface area contributed by atoms with Gasteiger partial charge in [-0.25, -0.2) is 4.39 Å². The third kappa shape index (κ3) is 3.65. The summed E-state index contributed by atoms with van der Waals surface area (Å²) in [7, 11) is 0. The molecule has 0 aliphatic rings. The summed E-state index contributed by atoms with van der Waals surface area (Å²) in [4.78, 5) is 0. The maximum Gasteiger partial charge on any atom is 0.127 e. The van der Waals surface area contributed by atoms with Crippen LogP contribution in [-0.4, -0.2) is 28.7 Å². The summed E-state index contributed by atoms with van der Waals surface area (Å²) in [6.07, 6.45) is -0.716. The maximum absolute atomic E-state index is 13.1. The number of benzene rings is 1. The zero-order valence-electron chi connectivity index (χ0n) is 7.69. The van der Waals surface area contributed by atoms with Crippen LogP contribution < -0.4 is 0 Å². The Balaban J connectivity index is 2.35. The SMILES string of the molecule is OCC(O)CSCc1ccccc1F. The highest BCUT2D eigenvalue weighted by atomic mass is 32.2. The molecule has 0 aromatic heterocycles. The Bertz CT molecular complexity index is 281. The maximum atomic E-state index is 13.1. The van der Waals surface area contributed by atoms with E-state index in [1.54, 1.807) is 18.2 Å². The second-order valence-electron chi connectivity index (χ2n) is 2.94. The summed E-state index contributed by atoms with van der Waals surface area (Å²) in [5.41, 5.74) is 0.627. The number of aliphatic hydroxyl groups is 2. The molecule has 0 fully saturated rings. The van der Waals surface area contributed by atoms with Crippen LogP contribution in [0.3, 0.4) is 0 Å². The van der Waals surface area contributed by atoms with E-state index in [9.17, 15) is 4.39 Å². The van der Waals surface area contributed by atoms with Gasteiger partial charge in [0.05, 0.1) is 12.7 Å². The lowest BCUT2D eigenvalue weighted by atomic mass is 10.2. The Kier molecular flexibility index (Phi) is 4.93. The van der Waals surface area contributed by atoms with E-state index < -0.39 is 6.10 Å². The molecule has 0 aliphatic heterocycles. The van der Waals surface area contributed by atoms with Crippen LogP contribution in [0.5, 0.6) is 0 Å². The van der Waals surface area contributed by atoms with Crippen molar-refractivity contribution < 1.29 is 14.6 Å². The van der Waals surface area contributed by atoms with Crippen LogP contribution >= 0.6 is 11.8 Å². The molecule has 1 rings (SSSR count). The van der Waals surface area contributed by atoms with E-state index in [1.165, 1.54) is 17.8 Å². The highest BCUT2D eigenvalue weighted by Gasteiger charge is 2.04. The van der Waals surface area contributed by atoms with E-state index >= 15 is 0 Å². The fourth-order valence-electron chi connectivity index (χ4n) is 0.973. The monoisotopic (exact) mass is 216 g/mol. The van der Waals surface area contributed by atoms with Crippen LogP contribution in [0.2, 0.25) is 0 Å². The molecular formula is C10H13FO2S. The summed E-state index contributed by atoms with van der Waals surface area (Å²) >= 11 is 1.40. The topological polar surface area (TPSA) is 40.5 Å². The first-order chi connectivity index (χ1) is 6.74. The minimum atomic E-state index is -0.716. The Hall–Kier alpha value is -0.580. The second kappa shape index (κ2) is 6.01. The van der Waals surface area contributed by atoms with Gasteiger partial charge in [-0.3, -0.25) is 0 Å². The van der Waals surface area contributed by atoms with Crippen molar-refractivity contribution in [2.45, 2.75) is 11.9 Å². The number of rotatable bonds is 5. The quantitative estimate of drug-likeness (QED) is 0.782. The Labute approximate surface area is 86.8 Å². The van der Waals surface area contributed by atoms with Gasteiger partial charge in [0.15, 0.2) is 0 Å².